The summed E-state index contributed by atoms with van der Waals surface area (Å²) in [7, 11) is 0. The standard InChI is InChI=1S/C30H18Cl2O4/c31-25-28(34)30(36-24-17-13-22(14-18-24)20-9-5-2-6-10-20)26(32)27(33)29(25)35-23-15-11-21(12-16-23)19-7-3-1-4-8-19/h1-18H. The van der Waals surface area contributed by atoms with Crippen molar-refractivity contribution < 1.29 is 19.1 Å². The Morgan fingerprint density at radius 3 is 1.06 bits per heavy atom. The summed E-state index contributed by atoms with van der Waals surface area (Å²) in [6, 6.07) is 33.8. The number of allylic oxidation sites excluding steroid dienone is 2. The van der Waals surface area contributed by atoms with Crippen LogP contribution in [0.5, 0.6) is 11.5 Å². The molecule has 1 aliphatic carbocycles. The number of hydrogen-bond donors (Lipinski definition) is 0. The predicted octanol–water partition coefficient (Wildman–Crippen LogP) is 7.53. The summed E-state index contributed by atoms with van der Waals surface area (Å²) in [5, 5.41) is -0.792. The van der Waals surface area contributed by atoms with E-state index in [1.54, 1.807) is 24.3 Å². The molecule has 0 saturated carbocycles. The molecule has 176 valence electrons. The van der Waals surface area contributed by atoms with Crippen molar-refractivity contribution in [2.24, 2.45) is 0 Å². The fourth-order valence-corrected chi connectivity index (χ4v) is 4.14. The zero-order valence-corrected chi connectivity index (χ0v) is 20.3. The second-order valence-electron chi connectivity index (χ2n) is 7.93. The zero-order valence-electron chi connectivity index (χ0n) is 18.8. The molecule has 0 heterocycles. The van der Waals surface area contributed by atoms with Crippen LogP contribution in [0.4, 0.5) is 0 Å². The molecule has 6 heteroatoms. The maximum absolute atomic E-state index is 12.9. The van der Waals surface area contributed by atoms with Crippen molar-refractivity contribution >= 4 is 34.8 Å². The molecular weight excluding hydrogens is 495 g/mol. The van der Waals surface area contributed by atoms with Crippen LogP contribution in [0.15, 0.2) is 131 Å². The van der Waals surface area contributed by atoms with Crippen LogP contribution in [0, 0.1) is 0 Å². The number of Topliss-reactive ketones (excluding diaryl/α,β-unsaturated/α-hetero) is 2. The average Bonchev–Trinajstić information content (AvgIpc) is 2.94. The van der Waals surface area contributed by atoms with E-state index in [9.17, 15) is 9.59 Å². The van der Waals surface area contributed by atoms with Crippen LogP contribution in [0.2, 0.25) is 0 Å². The summed E-state index contributed by atoms with van der Waals surface area (Å²) in [6.07, 6.45) is 0. The van der Waals surface area contributed by atoms with E-state index in [-0.39, 0.29) is 11.5 Å². The van der Waals surface area contributed by atoms with E-state index in [4.69, 9.17) is 32.7 Å². The van der Waals surface area contributed by atoms with Crippen LogP contribution < -0.4 is 9.47 Å². The van der Waals surface area contributed by atoms with Gasteiger partial charge in [0.15, 0.2) is 11.5 Å². The molecule has 0 aromatic heterocycles. The number of carbonyl (C=O) groups is 2. The van der Waals surface area contributed by atoms with Gasteiger partial charge in [-0.25, -0.2) is 0 Å². The van der Waals surface area contributed by atoms with Crippen LogP contribution in [-0.2, 0) is 9.59 Å². The molecule has 0 unspecified atom stereocenters. The van der Waals surface area contributed by atoms with Gasteiger partial charge in [-0.15, -0.1) is 0 Å². The van der Waals surface area contributed by atoms with Gasteiger partial charge in [0.25, 0.3) is 0 Å². The molecule has 0 aliphatic heterocycles. The van der Waals surface area contributed by atoms with Gasteiger partial charge in [-0.1, -0.05) is 108 Å². The van der Waals surface area contributed by atoms with Crippen LogP contribution in [0.1, 0.15) is 0 Å². The normalized spacial score (nSPS) is 13.7. The number of benzene rings is 4. The highest BCUT2D eigenvalue weighted by molar-refractivity contribution is 6.55. The summed E-state index contributed by atoms with van der Waals surface area (Å²) in [5.41, 5.74) is 4.02. The Labute approximate surface area is 218 Å². The van der Waals surface area contributed by atoms with Gasteiger partial charge in [0, 0.05) is 0 Å². The van der Waals surface area contributed by atoms with Crippen molar-refractivity contribution in [3.05, 3.63) is 131 Å². The Morgan fingerprint density at radius 2 is 0.722 bits per heavy atom. The molecule has 0 saturated heterocycles. The summed E-state index contributed by atoms with van der Waals surface area (Å²) in [6.45, 7) is 0. The third-order valence-corrected chi connectivity index (χ3v) is 6.26. The third-order valence-electron chi connectivity index (χ3n) is 5.57. The van der Waals surface area contributed by atoms with E-state index >= 15 is 0 Å². The molecule has 0 N–H and O–H groups in total. The van der Waals surface area contributed by atoms with E-state index in [0.717, 1.165) is 22.3 Å². The van der Waals surface area contributed by atoms with Gasteiger partial charge in [0.2, 0.25) is 11.6 Å². The number of carbonyl (C=O) groups excluding carboxylic acids is 2. The second kappa shape index (κ2) is 10.2. The molecule has 0 spiro atoms. The number of ketones is 2. The lowest BCUT2D eigenvalue weighted by Crippen LogP contribution is -2.25. The highest BCUT2D eigenvalue weighted by Gasteiger charge is 2.37. The first kappa shape index (κ1) is 23.6. The fourth-order valence-electron chi connectivity index (χ4n) is 3.72. The van der Waals surface area contributed by atoms with Crippen LogP contribution in [0.25, 0.3) is 22.3 Å². The van der Waals surface area contributed by atoms with Crippen molar-refractivity contribution in [1.29, 1.82) is 0 Å². The monoisotopic (exact) mass is 512 g/mol. The summed E-state index contributed by atoms with van der Waals surface area (Å²) < 4.78 is 11.4. The molecule has 4 aromatic rings. The molecule has 4 nitrogen and oxygen atoms in total. The maximum Gasteiger partial charge on any atom is 0.245 e. The average molecular weight is 513 g/mol. The van der Waals surface area contributed by atoms with Gasteiger partial charge < -0.3 is 9.47 Å². The predicted molar refractivity (Wildman–Crippen MR) is 141 cm³/mol. The first-order valence-corrected chi connectivity index (χ1v) is 11.8. The van der Waals surface area contributed by atoms with Gasteiger partial charge >= 0.3 is 0 Å². The maximum atomic E-state index is 12.9. The van der Waals surface area contributed by atoms with Crippen molar-refractivity contribution in [2.75, 3.05) is 0 Å². The lowest BCUT2D eigenvalue weighted by atomic mass is 10.1. The lowest BCUT2D eigenvalue weighted by Gasteiger charge is -2.18. The summed E-state index contributed by atoms with van der Waals surface area (Å²) in [5.74, 6) is -1.46. The van der Waals surface area contributed by atoms with Crippen molar-refractivity contribution in [2.45, 2.75) is 0 Å². The lowest BCUT2D eigenvalue weighted by molar-refractivity contribution is -0.118. The number of rotatable bonds is 6. The topological polar surface area (TPSA) is 52.6 Å². The number of ether oxygens (including phenoxy) is 2. The van der Waals surface area contributed by atoms with Gasteiger partial charge in [0.1, 0.15) is 21.6 Å². The molecule has 5 rings (SSSR count). The molecule has 0 amide bonds. The van der Waals surface area contributed by atoms with Crippen molar-refractivity contribution in [1.82, 2.24) is 0 Å². The Balaban J connectivity index is 1.33. The number of hydrogen-bond acceptors (Lipinski definition) is 4. The third kappa shape index (κ3) is 4.82. The quantitative estimate of drug-likeness (QED) is 0.250. The smallest absolute Gasteiger partial charge is 0.245 e. The molecule has 0 bridgehead atoms. The molecule has 4 aromatic carbocycles. The summed E-state index contributed by atoms with van der Waals surface area (Å²) in [4.78, 5) is 25.8. The van der Waals surface area contributed by atoms with Crippen LogP contribution >= 0.6 is 23.2 Å². The minimum absolute atomic E-state index is 0.342. The Bertz CT molecular complexity index is 1370. The van der Waals surface area contributed by atoms with Gasteiger partial charge in [-0.3, -0.25) is 9.59 Å². The molecule has 0 fully saturated rings. The molecule has 1 aliphatic rings. The first-order valence-electron chi connectivity index (χ1n) is 11.1. The SMILES string of the molecule is O=C1C(Cl)=C(Oc2ccc(-c3ccccc3)cc2)C(=O)C(Cl)=C1Oc1ccc(-c2ccccc2)cc1. The Kier molecular flexibility index (Phi) is 6.72. The van der Waals surface area contributed by atoms with Crippen molar-refractivity contribution in [3.63, 3.8) is 0 Å². The zero-order chi connectivity index (χ0) is 25.1. The first-order chi connectivity index (χ1) is 17.5. The molecular formula is C30H18Cl2O4. The van der Waals surface area contributed by atoms with E-state index < -0.39 is 21.6 Å². The largest absolute Gasteiger partial charge is 0.451 e. The number of halogens is 2. The fraction of sp³-hybridized carbons (Fsp3) is 0. The Morgan fingerprint density at radius 1 is 0.417 bits per heavy atom. The van der Waals surface area contributed by atoms with E-state index in [2.05, 4.69) is 0 Å². The van der Waals surface area contributed by atoms with Crippen LogP contribution in [-0.4, -0.2) is 11.6 Å². The highest BCUT2D eigenvalue weighted by atomic mass is 35.5. The van der Waals surface area contributed by atoms with Crippen molar-refractivity contribution in [3.8, 4) is 33.8 Å². The van der Waals surface area contributed by atoms with Gasteiger partial charge in [-0.2, -0.15) is 0 Å². The molecule has 0 radical (unpaired) electrons. The summed E-state index contributed by atoms with van der Waals surface area (Å²) >= 11 is 12.5. The van der Waals surface area contributed by atoms with Crippen LogP contribution in [0.3, 0.4) is 0 Å². The van der Waals surface area contributed by atoms with E-state index in [1.807, 2.05) is 84.9 Å². The minimum Gasteiger partial charge on any atom is -0.451 e. The van der Waals surface area contributed by atoms with Gasteiger partial charge in [-0.05, 0) is 46.5 Å². The minimum atomic E-state index is -0.732. The second-order valence-corrected chi connectivity index (χ2v) is 8.69. The highest BCUT2D eigenvalue weighted by Crippen LogP contribution is 2.33. The Hall–Kier alpha value is -4.12. The van der Waals surface area contributed by atoms with Gasteiger partial charge in [0.05, 0.1) is 0 Å². The van der Waals surface area contributed by atoms with E-state index in [1.165, 1.54) is 0 Å². The van der Waals surface area contributed by atoms with E-state index in [0.29, 0.717) is 11.5 Å². The molecule has 0 atom stereocenters. The molecule has 36 heavy (non-hydrogen) atoms.